The Labute approximate surface area is 149 Å². The van der Waals surface area contributed by atoms with E-state index in [9.17, 15) is 4.79 Å². The van der Waals surface area contributed by atoms with Crippen molar-refractivity contribution in [2.75, 3.05) is 19.8 Å². The topological polar surface area (TPSA) is 44.8 Å². The quantitative estimate of drug-likeness (QED) is 0.272. The van der Waals surface area contributed by atoms with E-state index >= 15 is 0 Å². The third-order valence-corrected chi connectivity index (χ3v) is 4.21. The number of fused-ring (bicyclic) bond motifs is 1. The Hall–Kier alpha value is -1.76. The molecule has 0 atom stereocenters. The van der Waals surface area contributed by atoms with Crippen molar-refractivity contribution in [3.8, 4) is 5.75 Å². The van der Waals surface area contributed by atoms with Gasteiger partial charge in [0.15, 0.2) is 0 Å². The molecular formula is C18H19IO4. The van der Waals surface area contributed by atoms with Gasteiger partial charge in [-0.1, -0.05) is 42.5 Å². The second-order valence-corrected chi connectivity index (χ2v) is 5.78. The molecule has 0 fully saturated rings. The number of rotatable bonds is 7. The molecule has 122 valence electrons. The Morgan fingerprint density at radius 2 is 1.96 bits per heavy atom. The van der Waals surface area contributed by atoms with Crippen LogP contribution in [0.15, 0.2) is 48.6 Å². The van der Waals surface area contributed by atoms with Gasteiger partial charge in [0.2, 0.25) is 0 Å². The Morgan fingerprint density at radius 1 is 1.13 bits per heavy atom. The monoisotopic (exact) mass is 426 g/mol. The van der Waals surface area contributed by atoms with Crippen molar-refractivity contribution in [1.82, 2.24) is 0 Å². The highest BCUT2D eigenvalue weighted by molar-refractivity contribution is 14.1. The molecule has 2 aromatic rings. The fourth-order valence-electron chi connectivity index (χ4n) is 2.02. The van der Waals surface area contributed by atoms with Gasteiger partial charge in [0.1, 0.15) is 12.4 Å². The van der Waals surface area contributed by atoms with Gasteiger partial charge in [0.05, 0.1) is 16.8 Å². The highest BCUT2D eigenvalue weighted by Crippen LogP contribution is 2.29. The summed E-state index contributed by atoms with van der Waals surface area (Å²) in [6.45, 7) is 2.85. The Balaban J connectivity index is 1.76. The average molecular weight is 426 g/mol. The number of hydrogen-bond acceptors (Lipinski definition) is 4. The Bertz CT molecular complexity index is 682. The Kier molecular flexibility index (Phi) is 7.19. The molecule has 0 heterocycles. The number of benzene rings is 2. The lowest BCUT2D eigenvalue weighted by Crippen LogP contribution is -2.06. The molecule has 0 N–H and O–H groups in total. The van der Waals surface area contributed by atoms with Gasteiger partial charge >= 0.3 is 6.16 Å². The number of halogens is 1. The van der Waals surface area contributed by atoms with Crippen LogP contribution in [0.25, 0.3) is 10.8 Å². The molecule has 0 aliphatic carbocycles. The second-order valence-electron chi connectivity index (χ2n) is 4.70. The van der Waals surface area contributed by atoms with Gasteiger partial charge in [-0.2, -0.15) is 0 Å². The van der Waals surface area contributed by atoms with Crippen molar-refractivity contribution in [3.63, 3.8) is 0 Å². The van der Waals surface area contributed by atoms with Crippen molar-refractivity contribution < 1.29 is 19.0 Å². The predicted octanol–water partition coefficient (Wildman–Crippen LogP) is 4.94. The summed E-state index contributed by atoms with van der Waals surface area (Å²) in [6, 6.07) is 12.3. The average Bonchev–Trinajstić information content (AvgIpc) is 2.56. The molecule has 0 radical (unpaired) electrons. The zero-order chi connectivity index (χ0) is 16.5. The molecule has 0 aromatic heterocycles. The first kappa shape index (κ1) is 17.6. The van der Waals surface area contributed by atoms with Gasteiger partial charge < -0.3 is 14.2 Å². The minimum Gasteiger partial charge on any atom is -0.492 e. The van der Waals surface area contributed by atoms with Gasteiger partial charge in [-0.25, -0.2) is 4.79 Å². The number of hydrogen-bond donors (Lipinski definition) is 0. The van der Waals surface area contributed by atoms with Crippen LogP contribution in [0, 0.1) is 3.57 Å². The smallest absolute Gasteiger partial charge is 0.492 e. The van der Waals surface area contributed by atoms with Crippen LogP contribution >= 0.6 is 22.6 Å². The maximum Gasteiger partial charge on any atom is 0.508 e. The summed E-state index contributed by atoms with van der Waals surface area (Å²) in [6.07, 6.45) is 3.81. The summed E-state index contributed by atoms with van der Waals surface area (Å²) < 4.78 is 16.4. The van der Waals surface area contributed by atoms with Crippen LogP contribution in [0.5, 0.6) is 5.75 Å². The van der Waals surface area contributed by atoms with Gasteiger partial charge in [-0.3, -0.25) is 0 Å². The number of carbonyl (C=O) groups is 1. The molecule has 0 saturated heterocycles. The first-order valence-electron chi connectivity index (χ1n) is 7.47. The van der Waals surface area contributed by atoms with Gasteiger partial charge in [0, 0.05) is 0 Å². The van der Waals surface area contributed by atoms with Crippen molar-refractivity contribution in [2.45, 2.75) is 13.3 Å². The van der Waals surface area contributed by atoms with E-state index in [4.69, 9.17) is 9.47 Å². The SMILES string of the molecule is CCOC(=O)OC/C=C/CCOc1ccc2ccccc2c1I. The van der Waals surface area contributed by atoms with E-state index in [-0.39, 0.29) is 6.61 Å². The number of ether oxygens (including phenoxy) is 3. The molecule has 0 saturated carbocycles. The van der Waals surface area contributed by atoms with Crippen LogP contribution in [0.2, 0.25) is 0 Å². The molecule has 0 bridgehead atoms. The first-order chi connectivity index (χ1) is 11.2. The number of carbonyl (C=O) groups excluding carboxylic acids is 1. The van der Waals surface area contributed by atoms with Gasteiger partial charge in [0.25, 0.3) is 0 Å². The van der Waals surface area contributed by atoms with Gasteiger partial charge in [-0.15, -0.1) is 0 Å². The van der Waals surface area contributed by atoms with Crippen molar-refractivity contribution in [1.29, 1.82) is 0 Å². The summed E-state index contributed by atoms with van der Waals surface area (Å²) in [5.41, 5.74) is 0. The molecule has 2 rings (SSSR count). The third-order valence-electron chi connectivity index (χ3n) is 3.10. The van der Waals surface area contributed by atoms with Crippen LogP contribution in [-0.4, -0.2) is 26.0 Å². The van der Waals surface area contributed by atoms with Crippen LogP contribution in [-0.2, 0) is 9.47 Å². The fraction of sp³-hybridized carbons (Fsp3) is 0.278. The van der Waals surface area contributed by atoms with E-state index in [1.807, 2.05) is 24.3 Å². The summed E-state index contributed by atoms with van der Waals surface area (Å²) in [5, 5.41) is 2.41. The van der Waals surface area contributed by atoms with Crippen molar-refractivity contribution in [2.24, 2.45) is 0 Å². The van der Waals surface area contributed by atoms with E-state index in [0.717, 1.165) is 15.7 Å². The molecule has 4 nitrogen and oxygen atoms in total. The van der Waals surface area contributed by atoms with Crippen molar-refractivity contribution in [3.05, 3.63) is 52.1 Å². The molecule has 0 spiro atoms. The lowest BCUT2D eigenvalue weighted by atomic mass is 10.1. The van der Waals surface area contributed by atoms with E-state index in [0.29, 0.717) is 13.2 Å². The third kappa shape index (κ3) is 5.42. The minimum absolute atomic E-state index is 0.215. The molecule has 0 aliphatic heterocycles. The second kappa shape index (κ2) is 9.39. The lowest BCUT2D eigenvalue weighted by molar-refractivity contribution is 0.0673. The van der Waals surface area contributed by atoms with Crippen LogP contribution < -0.4 is 4.74 Å². The van der Waals surface area contributed by atoms with Gasteiger partial charge in [-0.05, 0) is 52.8 Å². The molecule has 0 unspecified atom stereocenters. The zero-order valence-electron chi connectivity index (χ0n) is 13.0. The highest BCUT2D eigenvalue weighted by atomic mass is 127. The van der Waals surface area contributed by atoms with Crippen LogP contribution in [0.4, 0.5) is 4.79 Å². The highest BCUT2D eigenvalue weighted by Gasteiger charge is 2.05. The molecule has 0 amide bonds. The molecule has 23 heavy (non-hydrogen) atoms. The predicted molar refractivity (Wildman–Crippen MR) is 98.9 cm³/mol. The van der Waals surface area contributed by atoms with E-state index < -0.39 is 6.16 Å². The van der Waals surface area contributed by atoms with E-state index in [1.165, 1.54) is 10.8 Å². The zero-order valence-corrected chi connectivity index (χ0v) is 15.1. The van der Waals surface area contributed by atoms with Crippen LogP contribution in [0.3, 0.4) is 0 Å². The molecule has 0 aliphatic rings. The van der Waals surface area contributed by atoms with E-state index in [2.05, 4.69) is 45.5 Å². The maximum absolute atomic E-state index is 11.0. The lowest BCUT2D eigenvalue weighted by Gasteiger charge is -2.09. The standard InChI is InChI=1S/C18H19IO4/c1-2-21-18(20)23-13-7-3-6-12-22-16-11-10-14-8-4-5-9-15(14)17(16)19/h3-5,7-11H,2,6,12-13H2,1H3/b7-3+. The maximum atomic E-state index is 11.0. The molecule has 2 aromatic carbocycles. The van der Waals surface area contributed by atoms with E-state index in [1.54, 1.807) is 13.0 Å². The van der Waals surface area contributed by atoms with Crippen LogP contribution in [0.1, 0.15) is 13.3 Å². The molecule has 5 heteroatoms. The fourth-order valence-corrected chi connectivity index (χ4v) is 2.85. The normalized spacial score (nSPS) is 10.9. The largest absolute Gasteiger partial charge is 0.508 e. The molecular weight excluding hydrogens is 407 g/mol. The van der Waals surface area contributed by atoms with Crippen molar-refractivity contribution >= 4 is 39.5 Å². The Morgan fingerprint density at radius 3 is 2.78 bits per heavy atom. The summed E-state index contributed by atoms with van der Waals surface area (Å²) >= 11 is 2.31. The first-order valence-corrected chi connectivity index (χ1v) is 8.55. The minimum atomic E-state index is -0.640. The summed E-state index contributed by atoms with van der Waals surface area (Å²) in [4.78, 5) is 11.0. The summed E-state index contributed by atoms with van der Waals surface area (Å²) in [5.74, 6) is 0.889. The summed E-state index contributed by atoms with van der Waals surface area (Å²) in [7, 11) is 0.